The van der Waals surface area contributed by atoms with Gasteiger partial charge in [0.15, 0.2) is 0 Å². The SMILES string of the molecule is CCC(C(C)=O)C(=O)OCCOCCOC(=O)C(CC)C(C)=O. The van der Waals surface area contributed by atoms with Gasteiger partial charge in [-0.15, -0.1) is 0 Å². The standard InChI is InChI=1S/C16H26O7/c1-5-13(11(3)17)15(19)22-9-7-21-8-10-23-16(20)14(6-2)12(4)18/h13-14H,5-10H2,1-4H3. The summed E-state index contributed by atoms with van der Waals surface area (Å²) in [6, 6.07) is 0. The molecule has 0 N–H and O–H groups in total. The van der Waals surface area contributed by atoms with Crippen LogP contribution in [0.4, 0.5) is 0 Å². The molecule has 0 aromatic carbocycles. The molecule has 7 heteroatoms. The molecule has 0 bridgehead atoms. The lowest BCUT2D eigenvalue weighted by Crippen LogP contribution is -2.26. The summed E-state index contributed by atoms with van der Waals surface area (Å²) in [5.41, 5.74) is 0. The van der Waals surface area contributed by atoms with Crippen LogP contribution in [0.15, 0.2) is 0 Å². The highest BCUT2D eigenvalue weighted by molar-refractivity contribution is 5.98. The molecule has 2 unspecified atom stereocenters. The number of carbonyl (C=O) groups excluding carboxylic acids is 4. The molecule has 0 aromatic rings. The quantitative estimate of drug-likeness (QED) is 0.302. The first-order chi connectivity index (χ1) is 10.8. The van der Waals surface area contributed by atoms with Crippen molar-refractivity contribution in [2.45, 2.75) is 40.5 Å². The van der Waals surface area contributed by atoms with E-state index in [2.05, 4.69) is 0 Å². The topological polar surface area (TPSA) is 96.0 Å². The molecule has 0 aliphatic carbocycles. The Morgan fingerprint density at radius 2 is 1.04 bits per heavy atom. The number of carbonyl (C=O) groups is 4. The first kappa shape index (κ1) is 21.2. The normalized spacial score (nSPS) is 13.0. The highest BCUT2D eigenvalue weighted by Crippen LogP contribution is 2.07. The average Bonchev–Trinajstić information content (AvgIpc) is 2.46. The Balaban J connectivity index is 3.78. The summed E-state index contributed by atoms with van der Waals surface area (Å²) in [6.45, 7) is 6.52. The van der Waals surface area contributed by atoms with E-state index in [1.807, 2.05) is 0 Å². The van der Waals surface area contributed by atoms with E-state index in [1.54, 1.807) is 13.8 Å². The number of esters is 2. The molecule has 0 aliphatic rings. The zero-order chi connectivity index (χ0) is 17.8. The van der Waals surface area contributed by atoms with Gasteiger partial charge in [0, 0.05) is 0 Å². The van der Waals surface area contributed by atoms with Gasteiger partial charge in [0.2, 0.25) is 0 Å². The fraction of sp³-hybridized carbons (Fsp3) is 0.750. The molecule has 0 aliphatic heterocycles. The van der Waals surface area contributed by atoms with Crippen LogP contribution in [-0.2, 0) is 33.4 Å². The van der Waals surface area contributed by atoms with Crippen LogP contribution in [0.25, 0.3) is 0 Å². The lowest BCUT2D eigenvalue weighted by atomic mass is 10.0. The summed E-state index contributed by atoms with van der Waals surface area (Å²) in [6.07, 6.45) is 0.805. The fourth-order valence-electron chi connectivity index (χ4n) is 1.95. The lowest BCUT2D eigenvalue weighted by molar-refractivity contribution is -0.153. The van der Waals surface area contributed by atoms with E-state index in [0.29, 0.717) is 12.8 Å². The largest absolute Gasteiger partial charge is 0.463 e. The van der Waals surface area contributed by atoms with E-state index in [4.69, 9.17) is 14.2 Å². The Morgan fingerprint density at radius 3 is 1.30 bits per heavy atom. The van der Waals surface area contributed by atoms with Gasteiger partial charge in [0.05, 0.1) is 13.2 Å². The summed E-state index contributed by atoms with van der Waals surface area (Å²) in [4.78, 5) is 45.5. The summed E-state index contributed by atoms with van der Waals surface area (Å²) in [7, 11) is 0. The van der Waals surface area contributed by atoms with Gasteiger partial charge in [-0.05, 0) is 26.7 Å². The molecule has 132 valence electrons. The van der Waals surface area contributed by atoms with Gasteiger partial charge < -0.3 is 14.2 Å². The van der Waals surface area contributed by atoms with Crippen LogP contribution < -0.4 is 0 Å². The molecule has 0 heterocycles. The minimum Gasteiger partial charge on any atom is -0.463 e. The molecule has 0 spiro atoms. The van der Waals surface area contributed by atoms with Gasteiger partial charge in [-0.1, -0.05) is 13.8 Å². The van der Waals surface area contributed by atoms with Crippen molar-refractivity contribution in [3.05, 3.63) is 0 Å². The average molecular weight is 330 g/mol. The number of hydrogen-bond acceptors (Lipinski definition) is 7. The molecule has 0 rings (SSSR count). The van der Waals surface area contributed by atoms with E-state index in [9.17, 15) is 19.2 Å². The molecule has 0 saturated heterocycles. The summed E-state index contributed by atoms with van der Waals surface area (Å²) >= 11 is 0. The van der Waals surface area contributed by atoms with Crippen molar-refractivity contribution < 1.29 is 33.4 Å². The second-order valence-corrected chi connectivity index (χ2v) is 5.09. The van der Waals surface area contributed by atoms with Crippen molar-refractivity contribution in [1.82, 2.24) is 0 Å². The zero-order valence-corrected chi connectivity index (χ0v) is 14.3. The van der Waals surface area contributed by atoms with E-state index in [0.717, 1.165) is 0 Å². The second kappa shape index (κ2) is 11.8. The number of hydrogen-bond donors (Lipinski definition) is 0. The Labute approximate surface area is 136 Å². The van der Waals surface area contributed by atoms with Gasteiger partial charge in [-0.25, -0.2) is 0 Å². The molecule has 7 nitrogen and oxygen atoms in total. The van der Waals surface area contributed by atoms with Crippen molar-refractivity contribution in [3.8, 4) is 0 Å². The summed E-state index contributed by atoms with van der Waals surface area (Å²) in [5, 5.41) is 0. The molecule has 23 heavy (non-hydrogen) atoms. The second-order valence-electron chi connectivity index (χ2n) is 5.09. The monoisotopic (exact) mass is 330 g/mol. The van der Waals surface area contributed by atoms with Crippen LogP contribution in [-0.4, -0.2) is 49.9 Å². The number of rotatable bonds is 12. The Bertz CT molecular complexity index is 379. The fourth-order valence-corrected chi connectivity index (χ4v) is 1.95. The van der Waals surface area contributed by atoms with Crippen LogP contribution in [0.5, 0.6) is 0 Å². The molecule has 0 aromatic heterocycles. The van der Waals surface area contributed by atoms with Crippen LogP contribution >= 0.6 is 0 Å². The number of ketones is 2. The third kappa shape index (κ3) is 8.44. The first-order valence-electron chi connectivity index (χ1n) is 7.76. The van der Waals surface area contributed by atoms with Gasteiger partial charge in [0.1, 0.15) is 36.6 Å². The van der Waals surface area contributed by atoms with Crippen LogP contribution in [0, 0.1) is 11.8 Å². The molecule has 0 amide bonds. The van der Waals surface area contributed by atoms with Crippen molar-refractivity contribution in [2.75, 3.05) is 26.4 Å². The van der Waals surface area contributed by atoms with Crippen LogP contribution in [0.3, 0.4) is 0 Å². The third-order valence-corrected chi connectivity index (χ3v) is 3.31. The van der Waals surface area contributed by atoms with Gasteiger partial charge >= 0.3 is 11.9 Å². The van der Waals surface area contributed by atoms with Crippen LogP contribution in [0.2, 0.25) is 0 Å². The molecular formula is C16H26O7. The Morgan fingerprint density at radius 1 is 0.696 bits per heavy atom. The number of ether oxygens (including phenoxy) is 3. The highest BCUT2D eigenvalue weighted by Gasteiger charge is 2.23. The van der Waals surface area contributed by atoms with E-state index in [1.165, 1.54) is 13.8 Å². The zero-order valence-electron chi connectivity index (χ0n) is 14.3. The Hall–Kier alpha value is -1.76. The minimum absolute atomic E-state index is 0.0294. The predicted octanol–water partition coefficient (Wildman–Crippen LogP) is 1.32. The van der Waals surface area contributed by atoms with Crippen molar-refractivity contribution in [3.63, 3.8) is 0 Å². The van der Waals surface area contributed by atoms with Crippen LogP contribution in [0.1, 0.15) is 40.5 Å². The molecular weight excluding hydrogens is 304 g/mol. The summed E-state index contributed by atoms with van der Waals surface area (Å²) in [5.74, 6) is -3.01. The number of Topliss-reactive ketones (excluding diaryl/α,β-unsaturated/α-hetero) is 2. The van der Waals surface area contributed by atoms with E-state index < -0.39 is 23.8 Å². The summed E-state index contributed by atoms with van der Waals surface area (Å²) < 4.78 is 15.0. The molecule has 0 radical (unpaired) electrons. The smallest absolute Gasteiger partial charge is 0.316 e. The van der Waals surface area contributed by atoms with Gasteiger partial charge in [0.25, 0.3) is 0 Å². The highest BCUT2D eigenvalue weighted by atomic mass is 16.6. The van der Waals surface area contributed by atoms with Crippen molar-refractivity contribution in [1.29, 1.82) is 0 Å². The maximum Gasteiger partial charge on any atom is 0.316 e. The predicted molar refractivity (Wildman–Crippen MR) is 81.7 cm³/mol. The molecule has 0 saturated carbocycles. The first-order valence-corrected chi connectivity index (χ1v) is 7.76. The van der Waals surface area contributed by atoms with Gasteiger partial charge in [-0.3, -0.25) is 19.2 Å². The minimum atomic E-state index is -0.728. The van der Waals surface area contributed by atoms with Gasteiger partial charge in [-0.2, -0.15) is 0 Å². The molecule has 0 fully saturated rings. The van der Waals surface area contributed by atoms with E-state index in [-0.39, 0.29) is 38.0 Å². The Kier molecular flexibility index (Phi) is 10.9. The third-order valence-electron chi connectivity index (χ3n) is 3.31. The lowest BCUT2D eigenvalue weighted by Gasteiger charge is -2.12. The molecule has 2 atom stereocenters. The maximum absolute atomic E-state index is 11.6. The van der Waals surface area contributed by atoms with E-state index >= 15 is 0 Å². The van der Waals surface area contributed by atoms with Crippen molar-refractivity contribution in [2.24, 2.45) is 11.8 Å². The van der Waals surface area contributed by atoms with Crippen molar-refractivity contribution >= 4 is 23.5 Å². The maximum atomic E-state index is 11.6.